The molecule has 0 saturated carbocycles. The Kier molecular flexibility index (Phi) is 5.51. The van der Waals surface area contributed by atoms with E-state index < -0.39 is 15.8 Å². The molecule has 0 amide bonds. The fourth-order valence-corrected chi connectivity index (χ4v) is 3.07. The van der Waals surface area contributed by atoms with Crippen molar-refractivity contribution in [3.05, 3.63) is 66.0 Å². The van der Waals surface area contributed by atoms with Crippen LogP contribution in [0.25, 0.3) is 0 Å². The molecule has 0 atom stereocenters. The van der Waals surface area contributed by atoms with Crippen molar-refractivity contribution in [1.82, 2.24) is 4.31 Å². The minimum atomic E-state index is -3.42. The van der Waals surface area contributed by atoms with Gasteiger partial charge < -0.3 is 4.74 Å². The van der Waals surface area contributed by atoms with Crippen molar-refractivity contribution < 1.29 is 17.5 Å². The van der Waals surface area contributed by atoms with Crippen LogP contribution in [0.3, 0.4) is 0 Å². The third-order valence-electron chi connectivity index (χ3n) is 3.17. The van der Waals surface area contributed by atoms with Crippen molar-refractivity contribution in [3.63, 3.8) is 0 Å². The van der Waals surface area contributed by atoms with Crippen molar-refractivity contribution in [2.24, 2.45) is 0 Å². The lowest BCUT2D eigenvalue weighted by molar-refractivity contribution is 0.275. The first-order valence-electron chi connectivity index (χ1n) is 6.84. The molecule has 0 aliphatic carbocycles. The van der Waals surface area contributed by atoms with Gasteiger partial charge in [0.1, 0.15) is 6.61 Å². The van der Waals surface area contributed by atoms with Crippen molar-refractivity contribution >= 4 is 10.0 Å². The monoisotopic (exact) mass is 323 g/mol. The number of halogens is 1. The number of sulfonamides is 1. The Labute approximate surface area is 130 Å². The minimum absolute atomic E-state index is 0.0654. The summed E-state index contributed by atoms with van der Waals surface area (Å²) in [4.78, 5) is 0. The lowest BCUT2D eigenvalue weighted by Gasteiger charge is -2.17. The highest BCUT2D eigenvalue weighted by atomic mass is 32.2. The molecule has 0 fully saturated rings. The third kappa shape index (κ3) is 4.54. The molecule has 0 aliphatic rings. The molecule has 4 nitrogen and oxygen atoms in total. The molecule has 2 aromatic carbocycles. The predicted octanol–water partition coefficient (Wildman–Crippen LogP) is 2.67. The molecule has 0 spiro atoms. The number of benzene rings is 2. The van der Waals surface area contributed by atoms with E-state index in [1.165, 1.54) is 23.5 Å². The average molecular weight is 323 g/mol. The van der Waals surface area contributed by atoms with E-state index in [4.69, 9.17) is 4.74 Å². The molecule has 0 saturated heterocycles. The van der Waals surface area contributed by atoms with Gasteiger partial charge in [-0.1, -0.05) is 42.5 Å². The van der Waals surface area contributed by atoms with Gasteiger partial charge in [0.15, 0.2) is 11.6 Å². The van der Waals surface area contributed by atoms with E-state index in [1.54, 1.807) is 36.4 Å². The highest BCUT2D eigenvalue weighted by Crippen LogP contribution is 2.15. The molecule has 0 bridgehead atoms. The van der Waals surface area contributed by atoms with Crippen molar-refractivity contribution in [1.29, 1.82) is 0 Å². The summed E-state index contributed by atoms with van der Waals surface area (Å²) in [5, 5.41) is 0. The molecule has 22 heavy (non-hydrogen) atoms. The summed E-state index contributed by atoms with van der Waals surface area (Å²) in [7, 11) is -1.93. The van der Waals surface area contributed by atoms with E-state index in [0.717, 1.165) is 5.56 Å². The molecule has 0 N–H and O–H groups in total. The zero-order valence-electron chi connectivity index (χ0n) is 12.3. The number of nitrogens with zero attached hydrogens (tertiary/aromatic N) is 1. The van der Waals surface area contributed by atoms with Crippen LogP contribution < -0.4 is 4.74 Å². The zero-order chi connectivity index (χ0) is 16.0. The predicted molar refractivity (Wildman–Crippen MR) is 83.6 cm³/mol. The molecule has 0 unspecified atom stereocenters. The molecular formula is C16H18FNO3S. The third-order valence-corrected chi connectivity index (χ3v) is 5.00. The van der Waals surface area contributed by atoms with Crippen LogP contribution in [0.1, 0.15) is 5.56 Å². The summed E-state index contributed by atoms with van der Waals surface area (Å²) >= 11 is 0. The highest BCUT2D eigenvalue weighted by Gasteiger charge is 2.18. The fraction of sp³-hybridized carbons (Fsp3) is 0.250. The normalized spacial score (nSPS) is 11.6. The average Bonchev–Trinajstić information content (AvgIpc) is 2.49. The maximum atomic E-state index is 13.4. The van der Waals surface area contributed by atoms with E-state index in [9.17, 15) is 12.8 Å². The molecule has 0 heterocycles. The van der Waals surface area contributed by atoms with Gasteiger partial charge in [-0.3, -0.25) is 0 Å². The van der Waals surface area contributed by atoms with Gasteiger partial charge in [0.05, 0.1) is 5.75 Å². The molecule has 6 heteroatoms. The smallest absolute Gasteiger partial charge is 0.218 e. The SMILES string of the molecule is CN(CCOc1ccccc1F)S(=O)(=O)Cc1ccccc1. The maximum Gasteiger partial charge on any atom is 0.218 e. The van der Waals surface area contributed by atoms with Crippen LogP contribution in [0.5, 0.6) is 5.75 Å². The number of likely N-dealkylation sites (N-methyl/N-ethyl adjacent to an activating group) is 1. The van der Waals surface area contributed by atoms with Crippen molar-refractivity contribution in [3.8, 4) is 5.75 Å². The molecule has 2 aromatic rings. The van der Waals surface area contributed by atoms with Crippen LogP contribution in [-0.4, -0.2) is 32.9 Å². The van der Waals surface area contributed by atoms with E-state index in [0.29, 0.717) is 0 Å². The molecule has 118 valence electrons. The summed E-state index contributed by atoms with van der Waals surface area (Å²) in [6.07, 6.45) is 0. The first-order chi connectivity index (χ1) is 10.5. The van der Waals surface area contributed by atoms with E-state index in [1.807, 2.05) is 6.07 Å². The Morgan fingerprint density at radius 3 is 2.36 bits per heavy atom. The van der Waals surface area contributed by atoms with Gasteiger partial charge >= 0.3 is 0 Å². The van der Waals surface area contributed by atoms with Crippen LogP contribution in [0.2, 0.25) is 0 Å². The number of ether oxygens (including phenoxy) is 1. The molecule has 0 aromatic heterocycles. The van der Waals surface area contributed by atoms with Gasteiger partial charge in [0, 0.05) is 13.6 Å². The largest absolute Gasteiger partial charge is 0.489 e. The number of para-hydroxylation sites is 1. The summed E-state index contributed by atoms with van der Waals surface area (Å²) < 4.78 is 44.3. The van der Waals surface area contributed by atoms with Crippen LogP contribution >= 0.6 is 0 Å². The van der Waals surface area contributed by atoms with Crippen LogP contribution in [0, 0.1) is 5.82 Å². The Bertz CT molecular complexity index is 704. The summed E-state index contributed by atoms with van der Waals surface area (Å²) in [5.41, 5.74) is 0.726. The molecule has 0 radical (unpaired) electrons. The van der Waals surface area contributed by atoms with Gasteiger partial charge in [-0.25, -0.2) is 17.1 Å². The van der Waals surface area contributed by atoms with Gasteiger partial charge in [0.25, 0.3) is 0 Å². The van der Waals surface area contributed by atoms with E-state index >= 15 is 0 Å². The van der Waals surface area contributed by atoms with Crippen molar-refractivity contribution in [2.75, 3.05) is 20.2 Å². The Hall–Kier alpha value is -1.92. The second-order valence-corrected chi connectivity index (χ2v) is 6.92. The van der Waals surface area contributed by atoms with Gasteiger partial charge in [0.2, 0.25) is 10.0 Å². The maximum absolute atomic E-state index is 13.4. The molecule has 2 rings (SSSR count). The van der Waals surface area contributed by atoms with Gasteiger partial charge in [-0.15, -0.1) is 0 Å². The van der Waals surface area contributed by atoms with Crippen LogP contribution in [0.15, 0.2) is 54.6 Å². The summed E-state index contributed by atoms with van der Waals surface area (Å²) in [6.45, 7) is 0.245. The lowest BCUT2D eigenvalue weighted by Crippen LogP contribution is -2.32. The summed E-state index contributed by atoms with van der Waals surface area (Å²) in [5.74, 6) is -0.405. The Balaban J connectivity index is 1.88. The fourth-order valence-electron chi connectivity index (χ4n) is 1.88. The number of hydrogen-bond donors (Lipinski definition) is 0. The van der Waals surface area contributed by atoms with E-state index in [2.05, 4.69) is 0 Å². The topological polar surface area (TPSA) is 46.6 Å². The molecule has 0 aliphatic heterocycles. The van der Waals surface area contributed by atoms with Crippen LogP contribution in [-0.2, 0) is 15.8 Å². The Morgan fingerprint density at radius 2 is 1.68 bits per heavy atom. The standard InChI is InChI=1S/C16H18FNO3S/c1-18(11-12-21-16-10-6-5-9-15(16)17)22(19,20)13-14-7-3-2-4-8-14/h2-10H,11-13H2,1H3. The number of rotatable bonds is 7. The lowest BCUT2D eigenvalue weighted by atomic mass is 10.2. The second-order valence-electron chi connectivity index (χ2n) is 4.84. The number of hydrogen-bond acceptors (Lipinski definition) is 3. The van der Waals surface area contributed by atoms with Crippen molar-refractivity contribution in [2.45, 2.75) is 5.75 Å². The Morgan fingerprint density at radius 1 is 1.05 bits per heavy atom. The van der Waals surface area contributed by atoms with Gasteiger partial charge in [-0.05, 0) is 17.7 Å². The zero-order valence-corrected chi connectivity index (χ0v) is 13.1. The van der Waals surface area contributed by atoms with E-state index in [-0.39, 0.29) is 24.7 Å². The summed E-state index contributed by atoms with van der Waals surface area (Å²) in [6, 6.07) is 15.0. The minimum Gasteiger partial charge on any atom is -0.489 e. The first kappa shape index (κ1) is 16.5. The quantitative estimate of drug-likeness (QED) is 0.787. The van der Waals surface area contributed by atoms with Gasteiger partial charge in [-0.2, -0.15) is 0 Å². The molecular weight excluding hydrogens is 305 g/mol. The second kappa shape index (κ2) is 7.38. The van der Waals surface area contributed by atoms with Crippen LogP contribution in [0.4, 0.5) is 4.39 Å². The first-order valence-corrected chi connectivity index (χ1v) is 8.45. The highest BCUT2D eigenvalue weighted by molar-refractivity contribution is 7.88.